The van der Waals surface area contributed by atoms with E-state index < -0.39 is 10.0 Å². The molecule has 1 atom stereocenters. The molecule has 0 saturated heterocycles. The Labute approximate surface area is 93.9 Å². The van der Waals surface area contributed by atoms with Gasteiger partial charge in [0, 0.05) is 6.04 Å². The molecule has 4 nitrogen and oxygen atoms in total. The van der Waals surface area contributed by atoms with E-state index in [1.807, 2.05) is 7.05 Å². The van der Waals surface area contributed by atoms with Crippen molar-refractivity contribution in [1.29, 1.82) is 0 Å². The number of sulfonamides is 1. The van der Waals surface area contributed by atoms with Crippen LogP contribution in [0.15, 0.2) is 0 Å². The number of primary sulfonamides is 1. The second kappa shape index (κ2) is 5.27. The molecule has 0 fully saturated rings. The van der Waals surface area contributed by atoms with Crippen molar-refractivity contribution in [1.82, 2.24) is 4.90 Å². The summed E-state index contributed by atoms with van der Waals surface area (Å²) in [4.78, 5) is 2.17. The minimum atomic E-state index is -3.31. The number of rotatable bonds is 5. The number of hydrogen-bond acceptors (Lipinski definition) is 3. The van der Waals surface area contributed by atoms with Crippen LogP contribution >= 0.6 is 0 Å². The molecule has 0 aliphatic rings. The lowest BCUT2D eigenvalue weighted by Crippen LogP contribution is -2.40. The van der Waals surface area contributed by atoms with E-state index in [1.165, 1.54) is 0 Å². The first kappa shape index (κ1) is 14.9. The van der Waals surface area contributed by atoms with Gasteiger partial charge in [-0.05, 0) is 32.4 Å². The zero-order chi connectivity index (χ0) is 12.3. The summed E-state index contributed by atoms with van der Waals surface area (Å²) < 4.78 is 21.5. The van der Waals surface area contributed by atoms with Crippen LogP contribution in [0.5, 0.6) is 0 Å². The summed E-state index contributed by atoms with van der Waals surface area (Å²) in [6, 6.07) is 0.415. The number of nitrogens with zero attached hydrogens (tertiary/aromatic N) is 1. The molecule has 2 N–H and O–H groups in total. The van der Waals surface area contributed by atoms with Crippen molar-refractivity contribution in [3.63, 3.8) is 0 Å². The highest BCUT2D eigenvalue weighted by atomic mass is 32.2. The van der Waals surface area contributed by atoms with Crippen LogP contribution in [0, 0.1) is 5.41 Å². The first-order valence-electron chi connectivity index (χ1n) is 5.25. The summed E-state index contributed by atoms with van der Waals surface area (Å²) in [6.07, 6.45) is 0.593. The molecule has 0 bridgehead atoms. The maximum Gasteiger partial charge on any atom is 0.209 e. The van der Waals surface area contributed by atoms with Gasteiger partial charge < -0.3 is 4.90 Å². The van der Waals surface area contributed by atoms with Gasteiger partial charge in [0.2, 0.25) is 10.0 Å². The molecule has 0 aromatic rings. The Morgan fingerprint density at radius 1 is 1.33 bits per heavy atom. The first-order valence-corrected chi connectivity index (χ1v) is 6.96. The molecule has 0 amide bonds. The Kier molecular flexibility index (Phi) is 5.23. The summed E-state index contributed by atoms with van der Waals surface area (Å²) >= 11 is 0. The summed E-state index contributed by atoms with van der Waals surface area (Å²) in [5.74, 6) is 0.0637. The van der Waals surface area contributed by atoms with Gasteiger partial charge in [-0.3, -0.25) is 0 Å². The molecule has 0 rings (SSSR count). The van der Waals surface area contributed by atoms with Crippen molar-refractivity contribution < 1.29 is 8.42 Å². The Morgan fingerprint density at radius 2 is 1.80 bits per heavy atom. The third kappa shape index (κ3) is 6.87. The molecule has 0 spiro atoms. The van der Waals surface area contributed by atoms with Crippen molar-refractivity contribution >= 4 is 10.0 Å². The van der Waals surface area contributed by atoms with Gasteiger partial charge in [-0.2, -0.15) is 0 Å². The Hall–Kier alpha value is -0.130. The van der Waals surface area contributed by atoms with Crippen LogP contribution in [-0.4, -0.2) is 38.7 Å². The van der Waals surface area contributed by atoms with Crippen LogP contribution in [-0.2, 0) is 10.0 Å². The van der Waals surface area contributed by atoms with Gasteiger partial charge in [0.1, 0.15) is 0 Å². The fourth-order valence-electron chi connectivity index (χ4n) is 1.37. The van der Waals surface area contributed by atoms with Crippen LogP contribution in [0.25, 0.3) is 0 Å². The first-order chi connectivity index (χ1) is 6.54. The predicted octanol–water partition coefficient (Wildman–Crippen LogP) is 1.03. The topological polar surface area (TPSA) is 63.4 Å². The van der Waals surface area contributed by atoms with Gasteiger partial charge in [-0.1, -0.05) is 20.8 Å². The van der Waals surface area contributed by atoms with Crippen molar-refractivity contribution in [3.05, 3.63) is 0 Å². The van der Waals surface area contributed by atoms with Crippen molar-refractivity contribution in [2.75, 3.05) is 19.3 Å². The predicted molar refractivity (Wildman–Crippen MR) is 64.1 cm³/mol. The van der Waals surface area contributed by atoms with E-state index in [2.05, 4.69) is 32.6 Å². The van der Waals surface area contributed by atoms with Gasteiger partial charge in [0.25, 0.3) is 0 Å². The molecule has 0 aliphatic carbocycles. The van der Waals surface area contributed by atoms with Crippen LogP contribution < -0.4 is 5.14 Å². The quantitative estimate of drug-likeness (QED) is 0.775. The second-order valence-electron chi connectivity index (χ2n) is 5.24. The summed E-state index contributed by atoms with van der Waals surface area (Å²) in [6.45, 7) is 9.43. The smallest absolute Gasteiger partial charge is 0.209 e. The molecule has 0 aromatic carbocycles. The van der Waals surface area contributed by atoms with Crippen LogP contribution in [0.3, 0.4) is 0 Å². The van der Waals surface area contributed by atoms with E-state index >= 15 is 0 Å². The summed E-state index contributed by atoms with van der Waals surface area (Å²) in [5.41, 5.74) is 0.205. The summed E-state index contributed by atoms with van der Waals surface area (Å²) in [5, 5.41) is 4.94. The molecule has 0 radical (unpaired) electrons. The molecule has 0 saturated carbocycles. The average molecular weight is 236 g/mol. The molecule has 0 heterocycles. The standard InChI is InChI=1S/C10H24N2O2S/c1-9(10(2,3)4)12(5)7-6-8-15(11,13)14/h9H,6-8H2,1-5H3,(H2,11,13,14). The lowest BCUT2D eigenvalue weighted by Gasteiger charge is -2.35. The maximum atomic E-state index is 10.7. The molecule has 0 aromatic heterocycles. The van der Waals surface area contributed by atoms with E-state index in [1.54, 1.807) is 0 Å². The van der Waals surface area contributed by atoms with Crippen LogP contribution in [0.2, 0.25) is 0 Å². The molecule has 92 valence electrons. The largest absolute Gasteiger partial charge is 0.303 e. The lowest BCUT2D eigenvalue weighted by atomic mass is 9.87. The average Bonchev–Trinajstić information content (AvgIpc) is 1.98. The van der Waals surface area contributed by atoms with Gasteiger partial charge >= 0.3 is 0 Å². The number of hydrogen-bond donors (Lipinski definition) is 1. The van der Waals surface area contributed by atoms with E-state index in [0.29, 0.717) is 12.5 Å². The SMILES string of the molecule is CC(N(C)CCCS(N)(=O)=O)C(C)(C)C. The van der Waals surface area contributed by atoms with Crippen molar-refractivity contribution in [3.8, 4) is 0 Å². The minimum Gasteiger partial charge on any atom is -0.303 e. The molecule has 5 heteroatoms. The molecule has 15 heavy (non-hydrogen) atoms. The molecule has 0 aliphatic heterocycles. The Bertz CT molecular complexity index is 280. The van der Waals surface area contributed by atoms with Crippen LogP contribution in [0.1, 0.15) is 34.1 Å². The fraction of sp³-hybridized carbons (Fsp3) is 1.00. The van der Waals surface area contributed by atoms with E-state index in [9.17, 15) is 8.42 Å². The van der Waals surface area contributed by atoms with E-state index in [4.69, 9.17) is 5.14 Å². The van der Waals surface area contributed by atoms with Crippen LogP contribution in [0.4, 0.5) is 0 Å². The fourth-order valence-corrected chi connectivity index (χ4v) is 1.90. The highest BCUT2D eigenvalue weighted by Crippen LogP contribution is 2.22. The Balaban J connectivity index is 4.00. The van der Waals surface area contributed by atoms with Gasteiger partial charge in [-0.15, -0.1) is 0 Å². The zero-order valence-electron chi connectivity index (χ0n) is 10.4. The zero-order valence-corrected chi connectivity index (χ0v) is 11.3. The molecule has 1 unspecified atom stereocenters. The highest BCUT2D eigenvalue weighted by molar-refractivity contribution is 7.89. The third-order valence-electron chi connectivity index (χ3n) is 2.85. The monoisotopic (exact) mass is 236 g/mol. The maximum absolute atomic E-state index is 10.7. The van der Waals surface area contributed by atoms with E-state index in [0.717, 1.165) is 6.54 Å². The van der Waals surface area contributed by atoms with Crippen molar-refractivity contribution in [2.24, 2.45) is 10.6 Å². The highest BCUT2D eigenvalue weighted by Gasteiger charge is 2.23. The second-order valence-corrected chi connectivity index (χ2v) is 6.98. The van der Waals surface area contributed by atoms with Gasteiger partial charge in [0.15, 0.2) is 0 Å². The van der Waals surface area contributed by atoms with Gasteiger partial charge in [-0.25, -0.2) is 13.6 Å². The molecular formula is C10H24N2O2S. The third-order valence-corrected chi connectivity index (χ3v) is 3.71. The number of nitrogens with two attached hydrogens (primary N) is 1. The molecular weight excluding hydrogens is 212 g/mol. The Morgan fingerprint density at radius 3 is 2.13 bits per heavy atom. The van der Waals surface area contributed by atoms with Crippen molar-refractivity contribution in [2.45, 2.75) is 40.2 Å². The summed E-state index contributed by atoms with van der Waals surface area (Å²) in [7, 11) is -1.29. The van der Waals surface area contributed by atoms with Gasteiger partial charge in [0.05, 0.1) is 5.75 Å². The van der Waals surface area contributed by atoms with E-state index in [-0.39, 0.29) is 11.2 Å². The minimum absolute atomic E-state index is 0.0637. The normalized spacial score (nSPS) is 15.7. The lowest BCUT2D eigenvalue weighted by molar-refractivity contribution is 0.141.